The minimum absolute atomic E-state index is 0.0589. The number of halogens is 3. The standard InChI is InChI=1S/C23H18F3N3O4S/c1-32-11-10-28-20(30)16(13-27)22-29(18-5-3-2-4-17(18)24)21(31)19(34-22)12-14-6-8-15(9-7-14)33-23(25)26/h2-9,12,23H,10-11H2,1H3,(H,28,30)/b19-12-,22-16-. The number of amides is 1. The molecule has 1 amide bonds. The van der Waals surface area contributed by atoms with Crippen LogP contribution in [0.15, 0.2) is 53.3 Å². The smallest absolute Gasteiger partial charge is 0.387 e. The van der Waals surface area contributed by atoms with Gasteiger partial charge in [0.1, 0.15) is 22.3 Å². The minimum Gasteiger partial charge on any atom is -0.435 e. The predicted octanol–water partition coefficient (Wildman–Crippen LogP) is 1.91. The fourth-order valence-electron chi connectivity index (χ4n) is 2.95. The molecule has 34 heavy (non-hydrogen) atoms. The largest absolute Gasteiger partial charge is 0.435 e. The van der Waals surface area contributed by atoms with Crippen molar-refractivity contribution in [1.82, 2.24) is 9.88 Å². The second-order valence-electron chi connectivity index (χ2n) is 6.69. The van der Waals surface area contributed by atoms with Crippen LogP contribution in [-0.4, -0.2) is 37.3 Å². The number of para-hydroxylation sites is 1. The van der Waals surface area contributed by atoms with Gasteiger partial charge in [0.2, 0.25) is 0 Å². The number of nitrogens with zero attached hydrogens (tertiary/aromatic N) is 2. The summed E-state index contributed by atoms with van der Waals surface area (Å²) in [5.74, 6) is -1.53. The number of nitriles is 1. The molecule has 176 valence electrons. The van der Waals surface area contributed by atoms with Crippen molar-refractivity contribution in [3.63, 3.8) is 0 Å². The minimum atomic E-state index is -2.97. The van der Waals surface area contributed by atoms with E-state index in [1.165, 1.54) is 55.7 Å². The number of benzene rings is 2. The van der Waals surface area contributed by atoms with E-state index >= 15 is 0 Å². The Morgan fingerprint density at radius 3 is 2.56 bits per heavy atom. The molecule has 0 aliphatic rings. The van der Waals surface area contributed by atoms with Gasteiger partial charge in [0.15, 0.2) is 5.57 Å². The molecule has 11 heteroatoms. The number of aromatic nitrogens is 1. The van der Waals surface area contributed by atoms with E-state index in [-0.39, 0.29) is 39.4 Å². The lowest BCUT2D eigenvalue weighted by Gasteiger charge is -2.06. The highest BCUT2D eigenvalue weighted by Crippen LogP contribution is 2.15. The summed E-state index contributed by atoms with van der Waals surface area (Å²) in [6.07, 6.45) is 1.44. The fraction of sp³-hybridized carbons (Fsp3) is 0.174. The molecule has 0 saturated heterocycles. The van der Waals surface area contributed by atoms with Gasteiger partial charge >= 0.3 is 6.61 Å². The number of methoxy groups -OCH3 is 1. The maximum atomic E-state index is 14.6. The van der Waals surface area contributed by atoms with Crippen LogP contribution in [-0.2, 0) is 9.53 Å². The van der Waals surface area contributed by atoms with Crippen molar-refractivity contribution in [1.29, 1.82) is 5.26 Å². The number of carbonyl (C=O) groups is 1. The van der Waals surface area contributed by atoms with Crippen molar-refractivity contribution in [2.45, 2.75) is 6.61 Å². The lowest BCUT2D eigenvalue weighted by atomic mass is 10.2. The van der Waals surface area contributed by atoms with Gasteiger partial charge in [0, 0.05) is 13.7 Å². The molecule has 0 unspecified atom stereocenters. The Kier molecular flexibility index (Phi) is 8.24. The molecule has 7 nitrogen and oxygen atoms in total. The molecule has 0 fully saturated rings. The van der Waals surface area contributed by atoms with Crippen molar-refractivity contribution in [3.8, 4) is 17.5 Å². The first-order valence-electron chi connectivity index (χ1n) is 9.80. The topological polar surface area (TPSA) is 93.3 Å². The summed E-state index contributed by atoms with van der Waals surface area (Å²) in [5.41, 5.74) is -0.691. The van der Waals surface area contributed by atoms with Crippen LogP contribution in [0.25, 0.3) is 17.3 Å². The molecule has 1 N–H and O–H groups in total. The Morgan fingerprint density at radius 1 is 1.24 bits per heavy atom. The number of carbonyl (C=O) groups excluding carboxylic acids is 1. The summed E-state index contributed by atoms with van der Waals surface area (Å²) >= 11 is 0.825. The van der Waals surface area contributed by atoms with Crippen molar-refractivity contribution in [2.75, 3.05) is 20.3 Å². The molecule has 0 spiro atoms. The molecule has 1 aromatic heterocycles. The van der Waals surface area contributed by atoms with Crippen LogP contribution in [0, 0.1) is 17.1 Å². The van der Waals surface area contributed by atoms with Crippen LogP contribution in [0.3, 0.4) is 0 Å². The Hall–Kier alpha value is -3.88. The van der Waals surface area contributed by atoms with Crippen molar-refractivity contribution in [3.05, 3.63) is 79.5 Å². The normalized spacial score (nSPS) is 12.4. The first-order valence-corrected chi connectivity index (χ1v) is 10.6. The highest BCUT2D eigenvalue weighted by molar-refractivity contribution is 7.07. The van der Waals surface area contributed by atoms with Gasteiger partial charge in [-0.1, -0.05) is 24.3 Å². The molecule has 1 heterocycles. The van der Waals surface area contributed by atoms with E-state index in [1.54, 1.807) is 6.07 Å². The van der Waals surface area contributed by atoms with Gasteiger partial charge in [-0.05, 0) is 35.9 Å². The number of ether oxygens (including phenoxy) is 2. The Morgan fingerprint density at radius 2 is 1.94 bits per heavy atom. The van der Waals surface area contributed by atoms with Gasteiger partial charge < -0.3 is 14.8 Å². The number of alkyl halides is 2. The van der Waals surface area contributed by atoms with Gasteiger partial charge in [0.25, 0.3) is 11.5 Å². The summed E-state index contributed by atoms with van der Waals surface area (Å²) in [4.78, 5) is 25.8. The van der Waals surface area contributed by atoms with Crippen molar-refractivity contribution >= 4 is 28.9 Å². The zero-order valence-electron chi connectivity index (χ0n) is 17.8. The van der Waals surface area contributed by atoms with Crippen LogP contribution in [0.2, 0.25) is 0 Å². The molecular formula is C23H18F3N3O4S. The van der Waals surface area contributed by atoms with E-state index in [2.05, 4.69) is 10.1 Å². The highest BCUT2D eigenvalue weighted by Gasteiger charge is 2.18. The Labute approximate surface area is 195 Å². The van der Waals surface area contributed by atoms with Crippen LogP contribution >= 0.6 is 11.3 Å². The zero-order chi connectivity index (χ0) is 24.7. The van der Waals surface area contributed by atoms with Crippen LogP contribution < -0.4 is 24.8 Å². The lowest BCUT2D eigenvalue weighted by molar-refractivity contribution is -0.115. The highest BCUT2D eigenvalue weighted by atomic mass is 32.1. The molecule has 0 saturated carbocycles. The molecular weight excluding hydrogens is 471 g/mol. The Balaban J connectivity index is 2.22. The van der Waals surface area contributed by atoms with Crippen molar-refractivity contribution < 1.29 is 27.4 Å². The van der Waals surface area contributed by atoms with Gasteiger partial charge in [-0.15, -0.1) is 11.3 Å². The van der Waals surface area contributed by atoms with Gasteiger partial charge in [-0.3, -0.25) is 14.2 Å². The number of nitrogens with one attached hydrogen (secondary N) is 1. The average Bonchev–Trinajstić information content (AvgIpc) is 3.11. The summed E-state index contributed by atoms with van der Waals surface area (Å²) < 4.78 is 49.5. The predicted molar refractivity (Wildman–Crippen MR) is 120 cm³/mol. The van der Waals surface area contributed by atoms with Gasteiger partial charge in [-0.25, -0.2) is 4.39 Å². The van der Waals surface area contributed by atoms with Gasteiger partial charge in [0.05, 0.1) is 16.8 Å². The molecule has 0 bridgehead atoms. The first-order chi connectivity index (χ1) is 16.3. The molecule has 2 aromatic carbocycles. The van der Waals surface area contributed by atoms with E-state index in [0.29, 0.717) is 5.56 Å². The molecule has 0 atom stereocenters. The number of thiazole rings is 1. The Bertz CT molecular complexity index is 1390. The van der Waals surface area contributed by atoms with E-state index in [1.807, 2.05) is 0 Å². The van der Waals surface area contributed by atoms with Gasteiger partial charge in [-0.2, -0.15) is 14.0 Å². The summed E-state index contributed by atoms with van der Waals surface area (Å²) in [7, 11) is 1.45. The second kappa shape index (κ2) is 11.3. The third-order valence-corrected chi connectivity index (χ3v) is 5.56. The number of hydrogen-bond acceptors (Lipinski definition) is 6. The van der Waals surface area contributed by atoms with E-state index < -0.39 is 23.9 Å². The zero-order valence-corrected chi connectivity index (χ0v) is 18.6. The number of hydrogen-bond donors (Lipinski definition) is 1. The maximum absolute atomic E-state index is 14.6. The monoisotopic (exact) mass is 489 g/mol. The maximum Gasteiger partial charge on any atom is 0.387 e. The van der Waals surface area contributed by atoms with Crippen LogP contribution in [0.5, 0.6) is 5.75 Å². The molecule has 3 aromatic rings. The second-order valence-corrected chi connectivity index (χ2v) is 7.72. The van der Waals surface area contributed by atoms with Crippen molar-refractivity contribution in [2.24, 2.45) is 0 Å². The average molecular weight is 489 g/mol. The molecule has 3 rings (SSSR count). The van der Waals surface area contributed by atoms with Crippen LogP contribution in [0.4, 0.5) is 13.2 Å². The summed E-state index contributed by atoms with van der Waals surface area (Å²) in [5, 5.41) is 12.2. The third-order valence-electron chi connectivity index (χ3n) is 4.46. The summed E-state index contributed by atoms with van der Waals surface area (Å²) in [6.45, 7) is -2.64. The lowest BCUT2D eigenvalue weighted by Crippen LogP contribution is -2.35. The van der Waals surface area contributed by atoms with Crippen LogP contribution in [0.1, 0.15) is 5.56 Å². The SMILES string of the molecule is COCCNC(=O)/C(C#N)=c1\s/c(=C\c2ccc(OC(F)F)cc2)c(=O)n1-c1ccccc1F. The van der Waals surface area contributed by atoms with E-state index in [9.17, 15) is 28.0 Å². The third kappa shape index (κ3) is 5.72. The number of rotatable bonds is 8. The molecule has 0 radical (unpaired) electrons. The first kappa shape index (κ1) is 24.8. The molecule has 0 aliphatic carbocycles. The quantitative estimate of drug-likeness (QED) is 0.488. The summed E-state index contributed by atoms with van der Waals surface area (Å²) in [6, 6.07) is 12.8. The fourth-order valence-corrected chi connectivity index (χ4v) is 4.04. The van der Waals surface area contributed by atoms with E-state index in [4.69, 9.17) is 4.74 Å². The van der Waals surface area contributed by atoms with E-state index in [0.717, 1.165) is 22.0 Å². The molecule has 0 aliphatic heterocycles.